The molecule has 0 saturated carbocycles. The third-order valence-electron chi connectivity index (χ3n) is 0.816. The van der Waals surface area contributed by atoms with Crippen LogP contribution in [0.2, 0.25) is 0 Å². The van der Waals surface area contributed by atoms with Crippen LogP contribution in [0.15, 0.2) is 12.2 Å². The van der Waals surface area contributed by atoms with Crippen molar-refractivity contribution in [3.05, 3.63) is 12.2 Å². The molecule has 0 aromatic rings. The summed E-state index contributed by atoms with van der Waals surface area (Å²) in [6.45, 7) is 4.98. The average Bonchev–Trinajstić information content (AvgIpc) is 1.84. The van der Waals surface area contributed by atoms with Gasteiger partial charge in [-0.25, -0.2) is 4.79 Å². The van der Waals surface area contributed by atoms with Crippen LogP contribution in [0.1, 0.15) is 6.92 Å². The topological polar surface area (TPSA) is 81.7 Å². The molecule has 0 aliphatic rings. The van der Waals surface area contributed by atoms with E-state index in [1.807, 2.05) is 0 Å². The van der Waals surface area contributed by atoms with Crippen molar-refractivity contribution in [1.82, 2.24) is 0 Å². The van der Waals surface area contributed by atoms with Gasteiger partial charge in [-0.3, -0.25) is 5.41 Å². The Morgan fingerprint density at radius 3 is 2.10 bits per heavy atom. The molecule has 10 heavy (non-hydrogen) atoms. The van der Waals surface area contributed by atoms with Gasteiger partial charge >= 0.3 is 5.97 Å². The van der Waals surface area contributed by atoms with E-state index >= 15 is 0 Å². The SMILES string of the molecule is C=C(C)C(=N)C(=O)OC.O. The number of ether oxygens (including phenoxy) is 1. The molecule has 0 atom stereocenters. The number of esters is 1. The third kappa shape index (κ3) is 2.99. The fraction of sp³-hybridized carbons (Fsp3) is 0.333. The Labute approximate surface area is 59.3 Å². The van der Waals surface area contributed by atoms with Gasteiger partial charge in [0.25, 0.3) is 0 Å². The van der Waals surface area contributed by atoms with Gasteiger partial charge in [0, 0.05) is 0 Å². The maximum atomic E-state index is 10.4. The molecule has 0 aliphatic carbocycles. The van der Waals surface area contributed by atoms with Crippen molar-refractivity contribution in [2.45, 2.75) is 6.92 Å². The summed E-state index contributed by atoms with van der Waals surface area (Å²) in [6.07, 6.45) is 0. The summed E-state index contributed by atoms with van der Waals surface area (Å²) in [5, 5.41) is 6.98. The second-order valence-electron chi connectivity index (χ2n) is 1.65. The number of hydrogen-bond acceptors (Lipinski definition) is 3. The Morgan fingerprint density at radius 2 is 2.00 bits per heavy atom. The van der Waals surface area contributed by atoms with Crippen LogP contribution in [0.5, 0.6) is 0 Å². The Kier molecular flexibility index (Phi) is 5.45. The van der Waals surface area contributed by atoms with Crippen molar-refractivity contribution in [3.8, 4) is 0 Å². The van der Waals surface area contributed by atoms with Crippen molar-refractivity contribution in [3.63, 3.8) is 0 Å². The highest BCUT2D eigenvalue weighted by Gasteiger charge is 2.07. The van der Waals surface area contributed by atoms with E-state index in [0.29, 0.717) is 5.57 Å². The van der Waals surface area contributed by atoms with Gasteiger partial charge in [0.15, 0.2) is 0 Å². The molecule has 0 saturated heterocycles. The molecular formula is C6H11NO3. The molecule has 58 valence electrons. The summed E-state index contributed by atoms with van der Waals surface area (Å²) in [7, 11) is 1.24. The first-order chi connectivity index (χ1) is 4.09. The van der Waals surface area contributed by atoms with Crippen LogP contribution in [-0.2, 0) is 9.53 Å². The van der Waals surface area contributed by atoms with E-state index in [-0.39, 0.29) is 11.2 Å². The molecule has 0 aromatic carbocycles. The maximum Gasteiger partial charge on any atom is 0.356 e. The molecular weight excluding hydrogens is 134 g/mol. The van der Waals surface area contributed by atoms with E-state index in [0.717, 1.165) is 0 Å². The molecule has 4 heteroatoms. The minimum absolute atomic E-state index is 0. The van der Waals surface area contributed by atoms with Crippen molar-refractivity contribution in [2.75, 3.05) is 7.11 Å². The van der Waals surface area contributed by atoms with Crippen LogP contribution in [0.3, 0.4) is 0 Å². The molecule has 0 unspecified atom stereocenters. The summed E-state index contributed by atoms with van der Waals surface area (Å²) in [5.41, 5.74) is 0.249. The van der Waals surface area contributed by atoms with Gasteiger partial charge in [0.2, 0.25) is 0 Å². The highest BCUT2D eigenvalue weighted by Crippen LogP contribution is 1.91. The summed E-state index contributed by atoms with van der Waals surface area (Å²) in [4.78, 5) is 10.4. The average molecular weight is 145 g/mol. The van der Waals surface area contributed by atoms with Crippen molar-refractivity contribution < 1.29 is 15.0 Å². The van der Waals surface area contributed by atoms with E-state index in [9.17, 15) is 4.79 Å². The second kappa shape index (κ2) is 4.69. The Bertz CT molecular complexity index is 162. The monoisotopic (exact) mass is 145 g/mol. The highest BCUT2D eigenvalue weighted by molar-refractivity contribution is 6.41. The van der Waals surface area contributed by atoms with E-state index < -0.39 is 5.97 Å². The fourth-order valence-electron chi connectivity index (χ4n) is 0.276. The van der Waals surface area contributed by atoms with Crippen LogP contribution in [0, 0.1) is 5.41 Å². The normalized spacial score (nSPS) is 7.40. The lowest BCUT2D eigenvalue weighted by Gasteiger charge is -1.97. The molecule has 0 rings (SSSR count). The Balaban J connectivity index is 0. The number of methoxy groups -OCH3 is 1. The van der Waals surface area contributed by atoms with Gasteiger partial charge in [-0.05, 0) is 12.5 Å². The summed E-state index contributed by atoms with van der Waals surface area (Å²) in [5.74, 6) is -0.637. The summed E-state index contributed by atoms with van der Waals surface area (Å²) >= 11 is 0. The first-order valence-corrected chi connectivity index (χ1v) is 2.42. The minimum Gasteiger partial charge on any atom is -0.464 e. The Hall–Kier alpha value is -1.16. The number of hydrogen-bond donors (Lipinski definition) is 1. The zero-order chi connectivity index (χ0) is 7.44. The summed E-state index contributed by atoms with van der Waals surface area (Å²) in [6, 6.07) is 0. The number of rotatable bonds is 2. The third-order valence-corrected chi connectivity index (χ3v) is 0.816. The molecule has 4 nitrogen and oxygen atoms in total. The molecule has 3 N–H and O–H groups in total. The van der Waals surface area contributed by atoms with Crippen LogP contribution in [-0.4, -0.2) is 24.3 Å². The minimum atomic E-state index is -0.637. The largest absolute Gasteiger partial charge is 0.464 e. The number of carbonyl (C=O) groups excluding carboxylic acids is 1. The van der Waals surface area contributed by atoms with Gasteiger partial charge in [0.1, 0.15) is 5.71 Å². The standard InChI is InChI=1S/C6H9NO2.H2O/c1-4(2)5(7)6(8)9-3;/h7H,1H2,2-3H3;1H2. The number of carbonyl (C=O) groups is 1. The predicted molar refractivity (Wildman–Crippen MR) is 38.2 cm³/mol. The lowest BCUT2D eigenvalue weighted by Crippen LogP contribution is -2.14. The molecule has 0 fully saturated rings. The van der Waals surface area contributed by atoms with Crippen LogP contribution in [0.25, 0.3) is 0 Å². The van der Waals surface area contributed by atoms with E-state index in [2.05, 4.69) is 11.3 Å². The fourth-order valence-corrected chi connectivity index (χ4v) is 0.276. The summed E-state index contributed by atoms with van der Waals surface area (Å²) < 4.78 is 4.25. The zero-order valence-corrected chi connectivity index (χ0v) is 6.02. The van der Waals surface area contributed by atoms with Crippen LogP contribution in [0.4, 0.5) is 0 Å². The first-order valence-electron chi connectivity index (χ1n) is 2.42. The predicted octanol–water partition coefficient (Wildman–Crippen LogP) is -0.0694. The molecule has 0 aliphatic heterocycles. The molecule has 0 heterocycles. The van der Waals surface area contributed by atoms with Crippen molar-refractivity contribution in [1.29, 1.82) is 5.41 Å². The van der Waals surface area contributed by atoms with Crippen molar-refractivity contribution >= 4 is 11.7 Å². The van der Waals surface area contributed by atoms with Crippen LogP contribution >= 0.6 is 0 Å². The van der Waals surface area contributed by atoms with E-state index in [1.54, 1.807) is 6.92 Å². The lowest BCUT2D eigenvalue weighted by molar-refractivity contribution is -0.132. The molecule has 0 amide bonds. The lowest BCUT2D eigenvalue weighted by atomic mass is 10.2. The molecule has 0 bridgehead atoms. The maximum absolute atomic E-state index is 10.4. The molecule has 0 radical (unpaired) electrons. The molecule has 0 spiro atoms. The van der Waals surface area contributed by atoms with Gasteiger partial charge < -0.3 is 10.2 Å². The smallest absolute Gasteiger partial charge is 0.356 e. The van der Waals surface area contributed by atoms with Gasteiger partial charge in [-0.2, -0.15) is 0 Å². The Morgan fingerprint density at radius 1 is 1.60 bits per heavy atom. The van der Waals surface area contributed by atoms with Gasteiger partial charge in [0.05, 0.1) is 7.11 Å². The number of nitrogens with one attached hydrogen (secondary N) is 1. The van der Waals surface area contributed by atoms with Crippen molar-refractivity contribution in [2.24, 2.45) is 0 Å². The quantitative estimate of drug-likeness (QED) is 0.436. The first kappa shape index (κ1) is 11.6. The van der Waals surface area contributed by atoms with E-state index in [4.69, 9.17) is 5.41 Å². The van der Waals surface area contributed by atoms with Gasteiger partial charge in [-0.15, -0.1) is 0 Å². The van der Waals surface area contributed by atoms with E-state index in [1.165, 1.54) is 7.11 Å². The molecule has 0 aromatic heterocycles. The highest BCUT2D eigenvalue weighted by atomic mass is 16.5. The second-order valence-corrected chi connectivity index (χ2v) is 1.65. The van der Waals surface area contributed by atoms with Gasteiger partial charge in [-0.1, -0.05) is 6.58 Å². The zero-order valence-electron chi connectivity index (χ0n) is 6.02. The van der Waals surface area contributed by atoms with Crippen LogP contribution < -0.4 is 0 Å².